The quantitative estimate of drug-likeness (QED) is 0.438. The Kier molecular flexibility index (Phi) is 2.75. The lowest BCUT2D eigenvalue weighted by Crippen LogP contribution is -1.88. The van der Waals surface area contributed by atoms with Gasteiger partial charge >= 0.3 is 0 Å². The lowest BCUT2D eigenvalue weighted by Gasteiger charge is -1.83. The second-order valence-electron chi connectivity index (χ2n) is 0.995. The van der Waals surface area contributed by atoms with E-state index >= 15 is 0 Å². The second-order valence-corrected chi connectivity index (χ2v) is 3.49. The topological polar surface area (TPSA) is 23.1 Å². The molecule has 0 spiro atoms. The van der Waals surface area contributed by atoms with E-state index in [1.54, 1.807) is 13.6 Å². The number of rotatable bonds is 0. The fraction of sp³-hybridized carbons (Fsp3) is 0.667. The van der Waals surface area contributed by atoms with Crippen LogP contribution in [0.15, 0.2) is 0 Å². The van der Waals surface area contributed by atoms with Crippen LogP contribution in [0.3, 0.4) is 0 Å². The molecule has 1 nitrogen and oxygen atoms in total. The van der Waals surface area contributed by atoms with Gasteiger partial charge < -0.3 is 4.89 Å². The summed E-state index contributed by atoms with van der Waals surface area (Å²) in [6, 6.07) is 0. The smallest absolute Gasteiger partial charge is 0.178 e. The first-order valence-corrected chi connectivity index (χ1v) is 3.63. The zero-order chi connectivity index (χ0) is 5.15. The first-order chi connectivity index (χ1) is 2.64. The lowest BCUT2D eigenvalue weighted by atomic mass is 11.0. The summed E-state index contributed by atoms with van der Waals surface area (Å²) in [5.41, 5.74) is 0. The summed E-state index contributed by atoms with van der Waals surface area (Å²) in [4.78, 5) is 10.1. The highest BCUT2D eigenvalue weighted by Crippen LogP contribution is 2.07. The Morgan fingerprint density at radius 1 is 1.83 bits per heavy atom. The van der Waals surface area contributed by atoms with Crippen molar-refractivity contribution in [1.29, 1.82) is 0 Å². The molecule has 0 N–H and O–H groups in total. The third-order valence-corrected chi connectivity index (χ3v) is 2.02. The Labute approximate surface area is 43.4 Å². The van der Waals surface area contributed by atoms with Crippen LogP contribution in [0, 0.1) is 0 Å². The van der Waals surface area contributed by atoms with Crippen molar-refractivity contribution in [2.75, 3.05) is 6.66 Å². The zero-order valence-corrected chi connectivity index (χ0v) is 5.38. The third-order valence-electron chi connectivity index (χ3n) is 0.434. The molecule has 0 aliphatic heterocycles. The van der Waals surface area contributed by atoms with Crippen LogP contribution in [0.2, 0.25) is 0 Å². The van der Waals surface area contributed by atoms with E-state index < -0.39 is 7.77 Å². The molecule has 0 aliphatic carbocycles. The average molecular weight is 125 g/mol. The van der Waals surface area contributed by atoms with Gasteiger partial charge in [0.2, 0.25) is 0 Å². The molecule has 0 heterocycles. The Balaban J connectivity index is 3.68. The van der Waals surface area contributed by atoms with Gasteiger partial charge in [-0.1, -0.05) is 0 Å². The fourth-order valence-electron chi connectivity index (χ4n) is 0. The van der Waals surface area contributed by atoms with E-state index in [0.29, 0.717) is 4.75 Å². The van der Waals surface area contributed by atoms with Crippen molar-refractivity contribution in [1.82, 2.24) is 0 Å². The Morgan fingerprint density at radius 3 is 2.00 bits per heavy atom. The van der Waals surface area contributed by atoms with Crippen molar-refractivity contribution < 1.29 is 4.89 Å². The van der Waals surface area contributed by atoms with Crippen molar-refractivity contribution in [3.63, 3.8) is 0 Å². The van der Waals surface area contributed by atoms with Crippen molar-refractivity contribution in [3.8, 4) is 0 Å². The molecule has 0 aromatic carbocycles. The molecule has 0 saturated carbocycles. The van der Waals surface area contributed by atoms with Gasteiger partial charge in [0.25, 0.3) is 0 Å². The molecule has 0 radical (unpaired) electrons. The van der Waals surface area contributed by atoms with E-state index in [1.807, 2.05) is 0 Å². The summed E-state index contributed by atoms with van der Waals surface area (Å²) in [5.74, 6) is 0. The first kappa shape index (κ1) is 6.42. The molecule has 0 aliphatic rings. The molecule has 1 unspecified atom stereocenters. The van der Waals surface area contributed by atoms with Crippen LogP contribution in [-0.2, 0) is 0 Å². The van der Waals surface area contributed by atoms with Gasteiger partial charge in [-0.3, -0.25) is 0 Å². The Morgan fingerprint density at radius 2 is 2.00 bits per heavy atom. The maximum absolute atomic E-state index is 10.1. The summed E-state index contributed by atoms with van der Waals surface area (Å²) < 4.78 is 0.491. The van der Waals surface area contributed by atoms with Crippen LogP contribution in [0.4, 0.5) is 0 Å². The first-order valence-electron chi connectivity index (χ1n) is 1.54. The highest BCUT2D eigenvalue weighted by molar-refractivity contribution is 7.55. The summed E-state index contributed by atoms with van der Waals surface area (Å²) in [6.45, 7) is 3.22. The number of hydrogen-bond acceptors (Lipinski definition) is 1. The van der Waals surface area contributed by atoms with E-state index in [0.717, 1.165) is 0 Å². The molecular weight excluding hydrogens is 118 g/mol. The van der Waals surface area contributed by atoms with Crippen LogP contribution >= 0.6 is 19.4 Å². The van der Waals surface area contributed by atoms with Crippen LogP contribution in [0.1, 0.15) is 6.92 Å². The molecule has 6 heavy (non-hydrogen) atoms. The van der Waals surface area contributed by atoms with E-state index in [1.165, 1.54) is 0 Å². The average Bonchev–Trinajstić information content (AvgIpc) is 1.36. The highest BCUT2D eigenvalue weighted by Gasteiger charge is 1.86. The number of hydrogen-bond donors (Lipinski definition) is 0. The normalized spacial score (nSPS) is 14.0. The fourth-order valence-corrected chi connectivity index (χ4v) is 0. The van der Waals surface area contributed by atoms with Crippen LogP contribution in [0.5, 0.6) is 0 Å². The minimum absolute atomic E-state index is 0.491. The highest BCUT2D eigenvalue weighted by atomic mass is 35.5. The third kappa shape index (κ3) is 2.65. The van der Waals surface area contributed by atoms with Gasteiger partial charge in [0, 0.05) is 6.92 Å². The largest absolute Gasteiger partial charge is 0.630 e. The Hall–Kier alpha value is 0.420. The van der Waals surface area contributed by atoms with Gasteiger partial charge in [-0.2, -0.15) is 0 Å². The molecule has 0 aromatic heterocycles. The minimum atomic E-state index is -1.23. The predicted molar refractivity (Wildman–Crippen MR) is 29.4 cm³/mol. The molecule has 0 amide bonds. The van der Waals surface area contributed by atoms with E-state index in [-0.39, 0.29) is 0 Å². The standard InChI is InChI=1S/C3H6ClOP/c1-3(4)6(2)5/h1-2H3. The van der Waals surface area contributed by atoms with Gasteiger partial charge in [-0.25, -0.2) is 0 Å². The molecule has 0 aromatic rings. The van der Waals surface area contributed by atoms with Crippen LogP contribution in [0.25, 0.3) is 0 Å². The van der Waals surface area contributed by atoms with Gasteiger partial charge in [0.05, 0.1) is 14.4 Å². The van der Waals surface area contributed by atoms with Crippen molar-refractivity contribution in [3.05, 3.63) is 0 Å². The second kappa shape index (κ2) is 2.57. The van der Waals surface area contributed by atoms with Crippen LogP contribution in [-0.4, -0.2) is 11.4 Å². The predicted octanol–water partition coefficient (Wildman–Crippen LogP) is 0.762. The van der Waals surface area contributed by atoms with Crippen LogP contribution < -0.4 is 4.89 Å². The molecule has 0 fully saturated rings. The summed E-state index contributed by atoms with van der Waals surface area (Å²) in [5, 5.41) is 0. The summed E-state index contributed by atoms with van der Waals surface area (Å²) in [6.07, 6.45) is 0. The van der Waals surface area contributed by atoms with E-state index in [4.69, 9.17) is 11.6 Å². The minimum Gasteiger partial charge on any atom is -0.630 e. The zero-order valence-electron chi connectivity index (χ0n) is 3.73. The monoisotopic (exact) mass is 124 g/mol. The Bertz CT molecular complexity index is 60.9. The number of halogens is 1. The molecule has 3 heteroatoms. The summed E-state index contributed by atoms with van der Waals surface area (Å²) >= 11 is 5.25. The molecule has 0 bridgehead atoms. The molecule has 1 atom stereocenters. The molecule has 0 rings (SSSR count). The van der Waals surface area contributed by atoms with Crippen molar-refractivity contribution >= 4 is 24.1 Å². The van der Waals surface area contributed by atoms with E-state index in [9.17, 15) is 4.89 Å². The van der Waals surface area contributed by atoms with Crippen molar-refractivity contribution in [2.24, 2.45) is 0 Å². The molecule has 0 saturated heterocycles. The lowest BCUT2D eigenvalue weighted by molar-refractivity contribution is -0.151. The van der Waals surface area contributed by atoms with Gasteiger partial charge in [-0.15, -0.1) is 0 Å². The summed E-state index contributed by atoms with van der Waals surface area (Å²) in [7, 11) is -1.23. The van der Waals surface area contributed by atoms with Crippen molar-refractivity contribution in [2.45, 2.75) is 6.92 Å². The maximum atomic E-state index is 10.1. The van der Waals surface area contributed by atoms with Gasteiger partial charge in [-0.05, 0) is 11.6 Å². The van der Waals surface area contributed by atoms with Gasteiger partial charge in [0.1, 0.15) is 0 Å². The molecular formula is C3H6ClOP. The molecule has 36 valence electrons. The van der Waals surface area contributed by atoms with E-state index in [2.05, 4.69) is 0 Å². The maximum Gasteiger partial charge on any atom is 0.178 e. The SMILES string of the molecule is C/C(Cl)=[P+](\C)[O-]. The van der Waals surface area contributed by atoms with Gasteiger partial charge in [0.15, 0.2) is 4.75 Å².